The van der Waals surface area contributed by atoms with Crippen LogP contribution >= 0.6 is 39.1 Å². The smallest absolute Gasteiger partial charge is 0.274 e. The van der Waals surface area contributed by atoms with Crippen LogP contribution < -0.4 is 5.32 Å². The molecule has 0 radical (unpaired) electrons. The van der Waals surface area contributed by atoms with Gasteiger partial charge in [-0.1, -0.05) is 36.2 Å². The average Bonchev–Trinajstić information content (AvgIpc) is 2.89. The van der Waals surface area contributed by atoms with E-state index in [4.69, 9.17) is 23.2 Å². The molecule has 24 heavy (non-hydrogen) atoms. The van der Waals surface area contributed by atoms with E-state index in [9.17, 15) is 4.79 Å². The van der Waals surface area contributed by atoms with E-state index in [0.717, 1.165) is 21.4 Å². The highest BCUT2D eigenvalue weighted by Gasteiger charge is 2.21. The summed E-state index contributed by atoms with van der Waals surface area (Å²) in [6.07, 6.45) is 2.47. The van der Waals surface area contributed by atoms with Crippen molar-refractivity contribution in [3.05, 3.63) is 61.9 Å². The molecule has 1 N–H and O–H groups in total. The van der Waals surface area contributed by atoms with Gasteiger partial charge in [-0.15, -0.1) is 0 Å². The van der Waals surface area contributed by atoms with Gasteiger partial charge in [0.15, 0.2) is 0 Å². The summed E-state index contributed by atoms with van der Waals surface area (Å²) < 4.78 is 2.66. The summed E-state index contributed by atoms with van der Waals surface area (Å²) >= 11 is 15.8. The van der Waals surface area contributed by atoms with Crippen LogP contribution in [-0.4, -0.2) is 15.3 Å². The van der Waals surface area contributed by atoms with E-state index in [1.54, 1.807) is 22.6 Å². The molecule has 0 aliphatic heterocycles. The molecular formula is C17H14BrCl2N3O. The maximum Gasteiger partial charge on any atom is 0.274 e. The van der Waals surface area contributed by atoms with Crippen molar-refractivity contribution in [3.8, 4) is 0 Å². The topological polar surface area (TPSA) is 46.4 Å². The summed E-state index contributed by atoms with van der Waals surface area (Å²) in [5, 5.41) is 3.59. The van der Waals surface area contributed by atoms with Crippen LogP contribution in [0.4, 0.5) is 5.69 Å². The number of imidazole rings is 1. The van der Waals surface area contributed by atoms with Crippen LogP contribution in [0.5, 0.6) is 0 Å². The van der Waals surface area contributed by atoms with Gasteiger partial charge in [-0.05, 0) is 53.0 Å². The minimum Gasteiger partial charge on any atom is -0.318 e. The molecule has 2 heterocycles. The molecule has 0 fully saturated rings. The van der Waals surface area contributed by atoms with Gasteiger partial charge < -0.3 is 5.32 Å². The fourth-order valence-corrected chi connectivity index (χ4v) is 3.63. The first kappa shape index (κ1) is 17.3. The standard InChI is InChI=1S/C17H14BrCl2N3O/c1-3-13-15(23-8-10(18)7-9(2)16(23)21-13)17(24)22-14-11(19)5-4-6-12(14)20/h4-8H,3H2,1-2H3,(H,22,24). The number of fused-ring (bicyclic) bond motifs is 1. The monoisotopic (exact) mass is 425 g/mol. The van der Waals surface area contributed by atoms with Crippen LogP contribution in [-0.2, 0) is 6.42 Å². The highest BCUT2D eigenvalue weighted by atomic mass is 79.9. The number of halogens is 3. The number of carbonyl (C=O) groups is 1. The number of carbonyl (C=O) groups excluding carboxylic acids is 1. The number of aryl methyl sites for hydroxylation is 2. The quantitative estimate of drug-likeness (QED) is 0.598. The zero-order valence-electron chi connectivity index (χ0n) is 13.0. The predicted molar refractivity (Wildman–Crippen MR) is 101 cm³/mol. The summed E-state index contributed by atoms with van der Waals surface area (Å²) in [5.41, 5.74) is 3.33. The Bertz CT molecular complexity index is 932. The second kappa shape index (κ2) is 6.75. The van der Waals surface area contributed by atoms with E-state index >= 15 is 0 Å². The Kier molecular flexibility index (Phi) is 4.85. The normalized spacial score (nSPS) is 11.0. The van der Waals surface area contributed by atoms with Gasteiger partial charge in [0.05, 0.1) is 21.4 Å². The molecule has 2 aromatic heterocycles. The third kappa shape index (κ3) is 3.04. The first-order valence-corrected chi connectivity index (χ1v) is 8.89. The maximum absolute atomic E-state index is 12.9. The zero-order chi connectivity index (χ0) is 17.4. The number of aromatic nitrogens is 2. The molecule has 1 amide bonds. The minimum absolute atomic E-state index is 0.299. The Labute approximate surface area is 157 Å². The summed E-state index contributed by atoms with van der Waals surface area (Å²) in [7, 11) is 0. The van der Waals surface area contributed by atoms with E-state index in [-0.39, 0.29) is 5.91 Å². The third-order valence-electron chi connectivity index (χ3n) is 3.69. The van der Waals surface area contributed by atoms with Crippen molar-refractivity contribution >= 4 is 56.4 Å². The second-order valence-corrected chi connectivity index (χ2v) is 7.08. The van der Waals surface area contributed by atoms with E-state index in [2.05, 4.69) is 26.2 Å². The zero-order valence-corrected chi connectivity index (χ0v) is 16.1. The van der Waals surface area contributed by atoms with Crippen molar-refractivity contribution in [1.82, 2.24) is 9.38 Å². The van der Waals surface area contributed by atoms with Crippen molar-refractivity contribution in [2.45, 2.75) is 20.3 Å². The van der Waals surface area contributed by atoms with Gasteiger partial charge in [0, 0.05) is 10.7 Å². The summed E-state index contributed by atoms with van der Waals surface area (Å²) in [6, 6.07) is 7.05. The Morgan fingerprint density at radius 3 is 2.62 bits per heavy atom. The van der Waals surface area contributed by atoms with E-state index in [0.29, 0.717) is 27.8 Å². The van der Waals surface area contributed by atoms with Crippen LogP contribution in [0.15, 0.2) is 34.9 Å². The first-order chi connectivity index (χ1) is 11.4. The number of amides is 1. The van der Waals surface area contributed by atoms with Gasteiger partial charge in [0.1, 0.15) is 11.3 Å². The molecule has 4 nitrogen and oxygen atoms in total. The number of benzene rings is 1. The fraction of sp³-hybridized carbons (Fsp3) is 0.176. The molecule has 3 aromatic rings. The number of rotatable bonds is 3. The maximum atomic E-state index is 12.9. The number of nitrogens with one attached hydrogen (secondary N) is 1. The van der Waals surface area contributed by atoms with Crippen molar-refractivity contribution < 1.29 is 4.79 Å². The average molecular weight is 427 g/mol. The molecule has 124 valence electrons. The summed E-state index contributed by atoms with van der Waals surface area (Å²) in [6.45, 7) is 3.92. The number of anilines is 1. The van der Waals surface area contributed by atoms with Crippen LogP contribution in [0.2, 0.25) is 10.0 Å². The van der Waals surface area contributed by atoms with Gasteiger partial charge >= 0.3 is 0 Å². The van der Waals surface area contributed by atoms with Crippen molar-refractivity contribution in [1.29, 1.82) is 0 Å². The molecule has 0 unspecified atom stereocenters. The van der Waals surface area contributed by atoms with Crippen LogP contribution in [0.3, 0.4) is 0 Å². The Morgan fingerprint density at radius 1 is 1.33 bits per heavy atom. The largest absolute Gasteiger partial charge is 0.318 e. The molecular weight excluding hydrogens is 413 g/mol. The minimum atomic E-state index is -0.299. The van der Waals surface area contributed by atoms with E-state index in [1.807, 2.05) is 26.1 Å². The molecule has 0 bridgehead atoms. The van der Waals surface area contributed by atoms with Gasteiger partial charge in [0.25, 0.3) is 5.91 Å². The van der Waals surface area contributed by atoms with Gasteiger partial charge in [0.2, 0.25) is 0 Å². The highest BCUT2D eigenvalue weighted by Crippen LogP contribution is 2.31. The molecule has 1 aromatic carbocycles. The molecule has 7 heteroatoms. The lowest BCUT2D eigenvalue weighted by atomic mass is 10.2. The number of para-hydroxylation sites is 1. The van der Waals surface area contributed by atoms with E-state index in [1.165, 1.54) is 0 Å². The number of hydrogen-bond acceptors (Lipinski definition) is 2. The lowest BCUT2D eigenvalue weighted by Gasteiger charge is -2.10. The first-order valence-electron chi connectivity index (χ1n) is 7.34. The lowest BCUT2D eigenvalue weighted by Crippen LogP contribution is -2.17. The Balaban J connectivity index is 2.13. The van der Waals surface area contributed by atoms with Crippen molar-refractivity contribution in [2.75, 3.05) is 5.32 Å². The van der Waals surface area contributed by atoms with Gasteiger partial charge in [-0.3, -0.25) is 9.20 Å². The van der Waals surface area contributed by atoms with Crippen molar-refractivity contribution in [2.24, 2.45) is 0 Å². The third-order valence-corrected chi connectivity index (χ3v) is 4.76. The molecule has 0 saturated carbocycles. The molecule has 0 aliphatic carbocycles. The molecule has 0 atom stereocenters. The lowest BCUT2D eigenvalue weighted by molar-refractivity contribution is 0.102. The van der Waals surface area contributed by atoms with Crippen LogP contribution in [0.1, 0.15) is 28.7 Å². The Morgan fingerprint density at radius 2 is 2.00 bits per heavy atom. The predicted octanol–water partition coefficient (Wildman–Crippen LogP) is 5.53. The number of pyridine rings is 1. The fourth-order valence-electron chi connectivity index (χ4n) is 2.59. The number of hydrogen-bond donors (Lipinski definition) is 1. The molecule has 0 saturated heterocycles. The van der Waals surface area contributed by atoms with Gasteiger partial charge in [-0.25, -0.2) is 4.98 Å². The summed E-state index contributed by atoms with van der Waals surface area (Å²) in [4.78, 5) is 17.5. The second-order valence-electron chi connectivity index (χ2n) is 5.35. The van der Waals surface area contributed by atoms with Crippen molar-refractivity contribution in [3.63, 3.8) is 0 Å². The Hall–Kier alpha value is -1.56. The SMILES string of the molecule is CCc1nc2c(C)cc(Br)cn2c1C(=O)Nc1c(Cl)cccc1Cl. The van der Waals surface area contributed by atoms with Crippen LogP contribution in [0.25, 0.3) is 5.65 Å². The molecule has 3 rings (SSSR count). The summed E-state index contributed by atoms with van der Waals surface area (Å²) in [5.74, 6) is -0.299. The number of nitrogens with zero attached hydrogens (tertiary/aromatic N) is 2. The van der Waals surface area contributed by atoms with Crippen LogP contribution in [0, 0.1) is 6.92 Å². The molecule has 0 aliphatic rings. The van der Waals surface area contributed by atoms with Gasteiger partial charge in [-0.2, -0.15) is 0 Å². The molecule has 0 spiro atoms. The van der Waals surface area contributed by atoms with E-state index < -0.39 is 0 Å². The highest BCUT2D eigenvalue weighted by molar-refractivity contribution is 9.10.